The van der Waals surface area contributed by atoms with Crippen molar-refractivity contribution in [3.63, 3.8) is 0 Å². The second-order valence-electron chi connectivity index (χ2n) is 5.69. The van der Waals surface area contributed by atoms with E-state index in [1.165, 1.54) is 19.4 Å². The van der Waals surface area contributed by atoms with Crippen molar-refractivity contribution in [2.75, 3.05) is 46.2 Å². The highest BCUT2D eigenvalue weighted by molar-refractivity contribution is 5.93. The molecule has 0 radical (unpaired) electrons. The Morgan fingerprint density at radius 3 is 2.70 bits per heavy atom. The van der Waals surface area contributed by atoms with Crippen LogP contribution in [0.25, 0.3) is 0 Å². The van der Waals surface area contributed by atoms with Gasteiger partial charge in [0.25, 0.3) is 0 Å². The standard InChI is InChI=1S/C17H28N4O2/c1-5-18-17(19-12-14-7-6-10-21(14)2)20-13-8-9-15(22-3)16(11-13)23-4/h8-9,11,14H,5-7,10,12H2,1-4H3,(H2,18,19,20). The molecule has 0 aliphatic carbocycles. The fraction of sp³-hybridized carbons (Fsp3) is 0.588. The number of likely N-dealkylation sites (N-methyl/N-ethyl adjacent to an activating group) is 1. The third kappa shape index (κ3) is 4.76. The van der Waals surface area contributed by atoms with Crippen LogP contribution in [-0.2, 0) is 0 Å². The monoisotopic (exact) mass is 320 g/mol. The minimum Gasteiger partial charge on any atom is -0.493 e. The van der Waals surface area contributed by atoms with E-state index >= 15 is 0 Å². The Hall–Kier alpha value is -1.95. The third-order valence-electron chi connectivity index (χ3n) is 4.12. The Morgan fingerprint density at radius 2 is 2.09 bits per heavy atom. The topological polar surface area (TPSA) is 58.1 Å². The van der Waals surface area contributed by atoms with Gasteiger partial charge in [-0.05, 0) is 45.5 Å². The highest BCUT2D eigenvalue weighted by Crippen LogP contribution is 2.29. The molecule has 6 heteroatoms. The van der Waals surface area contributed by atoms with E-state index in [-0.39, 0.29) is 0 Å². The summed E-state index contributed by atoms with van der Waals surface area (Å²) < 4.78 is 10.6. The van der Waals surface area contributed by atoms with Crippen LogP contribution in [0.15, 0.2) is 23.2 Å². The molecule has 1 saturated heterocycles. The van der Waals surface area contributed by atoms with Gasteiger partial charge in [-0.3, -0.25) is 4.99 Å². The maximum absolute atomic E-state index is 5.34. The van der Waals surface area contributed by atoms with Crippen molar-refractivity contribution in [2.24, 2.45) is 4.99 Å². The minimum atomic E-state index is 0.538. The van der Waals surface area contributed by atoms with Crippen molar-refractivity contribution < 1.29 is 9.47 Å². The fourth-order valence-corrected chi connectivity index (χ4v) is 2.76. The van der Waals surface area contributed by atoms with E-state index < -0.39 is 0 Å². The van der Waals surface area contributed by atoms with Gasteiger partial charge in [-0.15, -0.1) is 0 Å². The number of guanidine groups is 1. The van der Waals surface area contributed by atoms with Crippen LogP contribution >= 0.6 is 0 Å². The van der Waals surface area contributed by atoms with E-state index in [0.717, 1.165) is 24.7 Å². The Bertz CT molecular complexity index is 533. The second-order valence-corrected chi connectivity index (χ2v) is 5.69. The molecule has 0 saturated carbocycles. The molecular formula is C17H28N4O2. The van der Waals surface area contributed by atoms with Gasteiger partial charge in [-0.25, -0.2) is 0 Å². The number of hydrogen-bond acceptors (Lipinski definition) is 4. The van der Waals surface area contributed by atoms with Crippen molar-refractivity contribution in [1.82, 2.24) is 10.2 Å². The molecule has 1 atom stereocenters. The number of rotatable bonds is 6. The number of ether oxygens (including phenoxy) is 2. The average molecular weight is 320 g/mol. The predicted octanol–water partition coefficient (Wildman–Crippen LogP) is 2.18. The average Bonchev–Trinajstić information content (AvgIpc) is 2.97. The van der Waals surface area contributed by atoms with E-state index in [1.54, 1.807) is 14.2 Å². The SMILES string of the molecule is CCNC(=NCC1CCCN1C)Nc1ccc(OC)c(OC)c1. The van der Waals surface area contributed by atoms with Gasteiger partial charge in [0, 0.05) is 24.3 Å². The summed E-state index contributed by atoms with van der Waals surface area (Å²) in [6.45, 7) is 4.85. The number of nitrogens with one attached hydrogen (secondary N) is 2. The van der Waals surface area contributed by atoms with Gasteiger partial charge in [0.15, 0.2) is 17.5 Å². The molecule has 1 unspecified atom stereocenters. The third-order valence-corrected chi connectivity index (χ3v) is 4.12. The largest absolute Gasteiger partial charge is 0.493 e. The molecule has 2 N–H and O–H groups in total. The molecule has 1 aromatic carbocycles. The lowest BCUT2D eigenvalue weighted by Crippen LogP contribution is -2.33. The predicted molar refractivity (Wildman–Crippen MR) is 94.8 cm³/mol. The van der Waals surface area contributed by atoms with Crippen LogP contribution in [0.1, 0.15) is 19.8 Å². The van der Waals surface area contributed by atoms with Crippen molar-refractivity contribution in [2.45, 2.75) is 25.8 Å². The van der Waals surface area contributed by atoms with Crippen molar-refractivity contribution in [1.29, 1.82) is 0 Å². The first-order valence-corrected chi connectivity index (χ1v) is 8.15. The van der Waals surface area contributed by atoms with E-state index in [4.69, 9.17) is 14.5 Å². The van der Waals surface area contributed by atoms with Gasteiger partial charge in [0.1, 0.15) is 0 Å². The summed E-state index contributed by atoms with van der Waals surface area (Å²) in [7, 11) is 5.44. The molecule has 128 valence electrons. The molecule has 1 fully saturated rings. The fourth-order valence-electron chi connectivity index (χ4n) is 2.76. The minimum absolute atomic E-state index is 0.538. The lowest BCUT2D eigenvalue weighted by molar-refractivity contribution is 0.317. The molecule has 1 aliphatic heterocycles. The van der Waals surface area contributed by atoms with Crippen molar-refractivity contribution >= 4 is 11.6 Å². The summed E-state index contributed by atoms with van der Waals surface area (Å²) in [4.78, 5) is 7.10. The Labute approximate surface area is 138 Å². The highest BCUT2D eigenvalue weighted by atomic mass is 16.5. The first-order chi connectivity index (χ1) is 11.2. The normalized spacial score (nSPS) is 18.8. The van der Waals surface area contributed by atoms with Crippen LogP contribution in [0.2, 0.25) is 0 Å². The molecule has 1 heterocycles. The zero-order chi connectivity index (χ0) is 16.7. The number of nitrogens with zero attached hydrogens (tertiary/aromatic N) is 2. The molecule has 0 amide bonds. The molecule has 0 aromatic heterocycles. The number of anilines is 1. The van der Waals surface area contributed by atoms with Crippen molar-refractivity contribution in [3.8, 4) is 11.5 Å². The van der Waals surface area contributed by atoms with Crippen LogP contribution in [0.5, 0.6) is 11.5 Å². The number of methoxy groups -OCH3 is 2. The lowest BCUT2D eigenvalue weighted by atomic mass is 10.2. The maximum Gasteiger partial charge on any atom is 0.195 e. The Balaban J connectivity index is 2.06. The van der Waals surface area contributed by atoms with E-state index in [9.17, 15) is 0 Å². The highest BCUT2D eigenvalue weighted by Gasteiger charge is 2.20. The van der Waals surface area contributed by atoms with Crippen LogP contribution in [-0.4, -0.2) is 57.8 Å². The van der Waals surface area contributed by atoms with Crippen LogP contribution < -0.4 is 20.1 Å². The zero-order valence-corrected chi connectivity index (χ0v) is 14.6. The quantitative estimate of drug-likeness (QED) is 0.621. The van der Waals surface area contributed by atoms with Crippen LogP contribution in [0.3, 0.4) is 0 Å². The lowest BCUT2D eigenvalue weighted by Gasteiger charge is -2.18. The van der Waals surface area contributed by atoms with Crippen LogP contribution in [0, 0.1) is 0 Å². The summed E-state index contributed by atoms with van der Waals surface area (Å²) in [5.74, 6) is 2.21. The summed E-state index contributed by atoms with van der Waals surface area (Å²) in [5.41, 5.74) is 0.919. The van der Waals surface area contributed by atoms with E-state index in [2.05, 4.69) is 29.5 Å². The van der Waals surface area contributed by atoms with Gasteiger partial charge in [-0.2, -0.15) is 0 Å². The molecule has 6 nitrogen and oxygen atoms in total. The summed E-state index contributed by atoms with van der Waals surface area (Å²) in [6.07, 6.45) is 2.48. The smallest absolute Gasteiger partial charge is 0.195 e. The number of benzene rings is 1. The molecular weight excluding hydrogens is 292 g/mol. The number of likely N-dealkylation sites (tertiary alicyclic amines) is 1. The molecule has 0 spiro atoms. The summed E-state index contributed by atoms with van der Waals surface area (Å²) >= 11 is 0. The van der Waals surface area contributed by atoms with Crippen molar-refractivity contribution in [3.05, 3.63) is 18.2 Å². The molecule has 1 aromatic rings. The number of aliphatic imine (C=N–C) groups is 1. The molecule has 23 heavy (non-hydrogen) atoms. The first-order valence-electron chi connectivity index (χ1n) is 8.15. The van der Waals surface area contributed by atoms with Gasteiger partial charge >= 0.3 is 0 Å². The van der Waals surface area contributed by atoms with Crippen LogP contribution in [0.4, 0.5) is 5.69 Å². The first kappa shape index (κ1) is 17.4. The van der Waals surface area contributed by atoms with E-state index in [1.807, 2.05) is 18.2 Å². The van der Waals surface area contributed by atoms with Gasteiger partial charge < -0.3 is 25.0 Å². The Morgan fingerprint density at radius 1 is 1.30 bits per heavy atom. The molecule has 1 aliphatic rings. The van der Waals surface area contributed by atoms with E-state index in [0.29, 0.717) is 17.5 Å². The maximum atomic E-state index is 5.34. The number of hydrogen-bond donors (Lipinski definition) is 2. The summed E-state index contributed by atoms with van der Waals surface area (Å²) in [6, 6.07) is 6.29. The molecule has 0 bridgehead atoms. The summed E-state index contributed by atoms with van der Waals surface area (Å²) in [5, 5.41) is 6.61. The van der Waals surface area contributed by atoms with Gasteiger partial charge in [0.05, 0.1) is 20.8 Å². The van der Waals surface area contributed by atoms with Gasteiger partial charge in [-0.1, -0.05) is 0 Å². The zero-order valence-electron chi connectivity index (χ0n) is 14.6. The second kappa shape index (κ2) is 8.62. The Kier molecular flexibility index (Phi) is 6.52. The molecule has 2 rings (SSSR count). The van der Waals surface area contributed by atoms with Gasteiger partial charge in [0.2, 0.25) is 0 Å².